The molecule has 0 radical (unpaired) electrons. The molecule has 1 atom stereocenters. The molecule has 134 valence electrons. The first-order chi connectivity index (χ1) is 11.9. The molecule has 0 unspecified atom stereocenters. The van der Waals surface area contributed by atoms with Crippen LogP contribution in [0.25, 0.3) is 0 Å². The molecule has 1 fully saturated rings. The molecule has 0 aromatic heterocycles. The number of benzene rings is 1. The molecule has 1 aromatic carbocycles. The van der Waals surface area contributed by atoms with Crippen molar-refractivity contribution in [3.8, 4) is 12.3 Å². The molecule has 1 aliphatic rings. The number of carbonyl (C=O) groups excluding carboxylic acids is 2. The van der Waals surface area contributed by atoms with Crippen LogP contribution in [0.3, 0.4) is 0 Å². The molecule has 1 saturated heterocycles. The predicted molar refractivity (Wildman–Crippen MR) is 96.5 cm³/mol. The van der Waals surface area contributed by atoms with Gasteiger partial charge in [-0.05, 0) is 38.2 Å². The number of aryl methyl sites for hydroxylation is 1. The van der Waals surface area contributed by atoms with Crippen LogP contribution >= 0.6 is 0 Å². The van der Waals surface area contributed by atoms with E-state index >= 15 is 0 Å². The maximum absolute atomic E-state index is 12.6. The lowest BCUT2D eigenvalue weighted by atomic mass is 9.91. The summed E-state index contributed by atoms with van der Waals surface area (Å²) in [7, 11) is 0. The Bertz CT molecular complexity index is 626. The number of amides is 2. The Labute approximate surface area is 149 Å². The normalized spacial score (nSPS) is 17.4. The zero-order chi connectivity index (χ0) is 18.3. The smallest absolute Gasteiger partial charge is 0.254 e. The molecule has 1 aliphatic heterocycles. The van der Waals surface area contributed by atoms with E-state index in [0.29, 0.717) is 38.8 Å². The topological polar surface area (TPSA) is 69.6 Å². The van der Waals surface area contributed by atoms with Crippen molar-refractivity contribution in [3.63, 3.8) is 0 Å². The minimum absolute atomic E-state index is 0.0547. The Morgan fingerprint density at radius 1 is 1.32 bits per heavy atom. The molecule has 2 amide bonds. The van der Waals surface area contributed by atoms with E-state index in [4.69, 9.17) is 6.42 Å². The third kappa shape index (κ3) is 5.33. The van der Waals surface area contributed by atoms with Gasteiger partial charge < -0.3 is 15.3 Å². The number of piperidine rings is 1. The first-order valence-electron chi connectivity index (χ1n) is 8.71. The van der Waals surface area contributed by atoms with Gasteiger partial charge >= 0.3 is 0 Å². The number of hydrogen-bond acceptors (Lipinski definition) is 3. The van der Waals surface area contributed by atoms with Crippen LogP contribution in [0.15, 0.2) is 30.3 Å². The molecule has 0 aliphatic carbocycles. The Balaban J connectivity index is 1.84. The van der Waals surface area contributed by atoms with Gasteiger partial charge in [-0.3, -0.25) is 9.59 Å². The van der Waals surface area contributed by atoms with E-state index in [0.717, 1.165) is 5.56 Å². The van der Waals surface area contributed by atoms with E-state index in [-0.39, 0.29) is 24.3 Å². The molecule has 2 rings (SSSR count). The van der Waals surface area contributed by atoms with Crippen molar-refractivity contribution in [2.45, 2.75) is 38.2 Å². The van der Waals surface area contributed by atoms with Gasteiger partial charge in [0.2, 0.25) is 5.91 Å². The second-order valence-electron chi connectivity index (χ2n) is 6.75. The number of aliphatic hydroxyl groups is 1. The van der Waals surface area contributed by atoms with Gasteiger partial charge in [0.25, 0.3) is 5.91 Å². The van der Waals surface area contributed by atoms with E-state index < -0.39 is 5.60 Å². The highest BCUT2D eigenvalue weighted by Crippen LogP contribution is 2.23. The van der Waals surface area contributed by atoms with Crippen molar-refractivity contribution in [1.29, 1.82) is 0 Å². The van der Waals surface area contributed by atoms with Gasteiger partial charge in [-0.2, -0.15) is 0 Å². The third-order valence-corrected chi connectivity index (χ3v) is 4.72. The van der Waals surface area contributed by atoms with Crippen LogP contribution in [0.2, 0.25) is 0 Å². The highest BCUT2D eigenvalue weighted by atomic mass is 16.3. The molecule has 5 heteroatoms. The van der Waals surface area contributed by atoms with E-state index in [1.807, 2.05) is 30.3 Å². The number of hydrogen-bond donors (Lipinski definition) is 2. The Morgan fingerprint density at radius 2 is 1.96 bits per heavy atom. The number of nitrogens with one attached hydrogen (secondary N) is 1. The Morgan fingerprint density at radius 3 is 2.56 bits per heavy atom. The number of likely N-dealkylation sites (tertiary alicyclic amines) is 1. The first-order valence-corrected chi connectivity index (χ1v) is 8.71. The second kappa shape index (κ2) is 8.68. The van der Waals surface area contributed by atoms with E-state index in [1.165, 1.54) is 0 Å². The van der Waals surface area contributed by atoms with Crippen molar-refractivity contribution in [2.24, 2.45) is 5.92 Å². The van der Waals surface area contributed by atoms with Gasteiger partial charge in [0.15, 0.2) is 0 Å². The highest BCUT2D eigenvalue weighted by Gasteiger charge is 2.36. The van der Waals surface area contributed by atoms with E-state index in [9.17, 15) is 14.7 Å². The third-order valence-electron chi connectivity index (χ3n) is 4.72. The van der Waals surface area contributed by atoms with Crippen molar-refractivity contribution in [1.82, 2.24) is 10.2 Å². The fourth-order valence-corrected chi connectivity index (χ4v) is 3.11. The lowest BCUT2D eigenvalue weighted by molar-refractivity contribution is -0.152. The molecule has 2 N–H and O–H groups in total. The Kier molecular flexibility index (Phi) is 6.60. The van der Waals surface area contributed by atoms with E-state index in [1.54, 1.807) is 11.8 Å². The summed E-state index contributed by atoms with van der Waals surface area (Å²) >= 11 is 0. The lowest BCUT2D eigenvalue weighted by Crippen LogP contribution is -2.51. The first kappa shape index (κ1) is 19.0. The van der Waals surface area contributed by atoms with Crippen molar-refractivity contribution < 1.29 is 14.7 Å². The molecular formula is C20H26N2O3. The average Bonchev–Trinajstić information content (AvgIpc) is 2.65. The van der Waals surface area contributed by atoms with Gasteiger partial charge in [-0.15, -0.1) is 6.42 Å². The van der Waals surface area contributed by atoms with Crippen molar-refractivity contribution in [2.75, 3.05) is 19.6 Å². The largest absolute Gasteiger partial charge is 0.380 e. The lowest BCUT2D eigenvalue weighted by Gasteiger charge is -2.35. The quantitative estimate of drug-likeness (QED) is 0.767. The summed E-state index contributed by atoms with van der Waals surface area (Å²) in [6.07, 6.45) is 7.35. The minimum atomic E-state index is -1.39. The fourth-order valence-electron chi connectivity index (χ4n) is 3.11. The number of carbonyl (C=O) groups is 2. The highest BCUT2D eigenvalue weighted by molar-refractivity contribution is 5.85. The van der Waals surface area contributed by atoms with Crippen molar-refractivity contribution >= 4 is 11.8 Å². The molecule has 1 aromatic rings. The summed E-state index contributed by atoms with van der Waals surface area (Å²) in [5.74, 6) is 1.95. The van der Waals surface area contributed by atoms with Gasteiger partial charge in [0.1, 0.15) is 5.60 Å². The summed E-state index contributed by atoms with van der Waals surface area (Å²) in [6.45, 7) is 2.76. The maximum Gasteiger partial charge on any atom is 0.254 e. The van der Waals surface area contributed by atoms with Crippen LogP contribution in [0, 0.1) is 18.3 Å². The van der Waals surface area contributed by atoms with Gasteiger partial charge in [0, 0.05) is 19.0 Å². The van der Waals surface area contributed by atoms with E-state index in [2.05, 4.69) is 11.2 Å². The van der Waals surface area contributed by atoms with Crippen molar-refractivity contribution in [3.05, 3.63) is 35.9 Å². The molecular weight excluding hydrogens is 316 g/mol. The van der Waals surface area contributed by atoms with Crippen LogP contribution < -0.4 is 5.32 Å². The number of rotatable bonds is 6. The maximum atomic E-state index is 12.6. The van der Waals surface area contributed by atoms with Crippen LogP contribution in [0.5, 0.6) is 0 Å². The average molecular weight is 342 g/mol. The zero-order valence-electron chi connectivity index (χ0n) is 14.7. The number of nitrogens with zero attached hydrogens (tertiary/aromatic N) is 1. The number of terminal acetylenes is 1. The van der Waals surface area contributed by atoms with Gasteiger partial charge in [0.05, 0.1) is 6.54 Å². The SMILES string of the molecule is C#CCNC(=O)C1CCN(C(=O)[C@](C)(O)CCc2ccccc2)CC1. The second-order valence-corrected chi connectivity index (χ2v) is 6.75. The molecule has 1 heterocycles. The summed E-state index contributed by atoms with van der Waals surface area (Å²) in [5.41, 5.74) is -0.298. The summed E-state index contributed by atoms with van der Waals surface area (Å²) in [4.78, 5) is 26.2. The molecule has 0 spiro atoms. The summed E-state index contributed by atoms with van der Waals surface area (Å²) in [5, 5.41) is 13.3. The standard InChI is InChI=1S/C20H26N2O3/c1-3-13-21-18(23)17-10-14-22(15-11-17)19(24)20(2,25)12-9-16-7-5-4-6-8-16/h1,4-8,17,25H,9-15H2,2H3,(H,21,23)/t20-/m1/s1. The predicted octanol–water partition coefficient (Wildman–Crippen LogP) is 1.36. The minimum Gasteiger partial charge on any atom is -0.380 e. The summed E-state index contributed by atoms with van der Waals surface area (Å²) in [6, 6.07) is 9.81. The fraction of sp³-hybridized carbons (Fsp3) is 0.500. The van der Waals surface area contributed by atoms with Gasteiger partial charge in [-0.1, -0.05) is 36.3 Å². The van der Waals surface area contributed by atoms with Gasteiger partial charge in [-0.25, -0.2) is 0 Å². The molecule has 5 nitrogen and oxygen atoms in total. The monoisotopic (exact) mass is 342 g/mol. The molecule has 0 bridgehead atoms. The van der Waals surface area contributed by atoms with Crippen LogP contribution in [-0.4, -0.2) is 47.1 Å². The van der Waals surface area contributed by atoms with Crippen LogP contribution in [-0.2, 0) is 16.0 Å². The van der Waals surface area contributed by atoms with Crippen LogP contribution in [0.4, 0.5) is 0 Å². The Hall–Kier alpha value is -2.32. The zero-order valence-corrected chi connectivity index (χ0v) is 14.7. The van der Waals surface area contributed by atoms with Crippen LogP contribution in [0.1, 0.15) is 31.7 Å². The summed E-state index contributed by atoms with van der Waals surface area (Å²) < 4.78 is 0. The molecule has 25 heavy (non-hydrogen) atoms. The molecule has 0 saturated carbocycles.